The largest absolute Gasteiger partial charge is 0.687 e. The van der Waals surface area contributed by atoms with Crippen LogP contribution in [-0.2, 0) is 0 Å². The summed E-state index contributed by atoms with van der Waals surface area (Å²) in [5.74, 6) is 0. The molecule has 0 aliphatic carbocycles. The molecule has 0 aromatic rings. The highest BCUT2D eigenvalue weighted by Crippen LogP contribution is 2.11. The molecule has 0 amide bonds. The van der Waals surface area contributed by atoms with Gasteiger partial charge in [-0.3, -0.25) is 0 Å². The average molecular weight is 281 g/mol. The second kappa shape index (κ2) is 12.4. The summed E-state index contributed by atoms with van der Waals surface area (Å²) in [6.07, 6.45) is -10.9. The van der Waals surface area contributed by atoms with Crippen molar-refractivity contribution in [3.8, 4) is 0 Å². The van der Waals surface area contributed by atoms with Crippen LogP contribution in [0.1, 0.15) is 0 Å². The molecule has 0 fully saturated rings. The Morgan fingerprint density at radius 3 is 0.692 bits per heavy atom. The van der Waals surface area contributed by atoms with Gasteiger partial charge in [0.15, 0.2) is 0 Å². The zero-order valence-electron chi connectivity index (χ0n) is 15.0. The van der Waals surface area contributed by atoms with Gasteiger partial charge in [0.1, 0.15) is 0 Å². The third-order valence-electron chi connectivity index (χ3n) is 4.89. The third-order valence-corrected chi connectivity index (χ3v) is 4.89. The molecular formula is B26-. The summed E-state index contributed by atoms with van der Waals surface area (Å²) in [6.45, 7) is 0. The second-order valence-electron chi connectivity index (χ2n) is 6.93. The van der Waals surface area contributed by atoms with Crippen LogP contribution in [0, 0.1) is 0 Å². The van der Waals surface area contributed by atoms with E-state index >= 15 is 0 Å². The van der Waals surface area contributed by atoms with Crippen molar-refractivity contribution in [2.24, 2.45) is 0 Å². The normalized spacial score (nSPS) is 9.42. The predicted molar refractivity (Wildman–Crippen MR) is 150 cm³/mol. The molecule has 0 unspecified atom stereocenters. The van der Waals surface area contributed by atoms with Gasteiger partial charge in [-0.1, -0.05) is 0 Å². The van der Waals surface area contributed by atoms with Crippen molar-refractivity contribution in [3.63, 3.8) is 0 Å². The molecule has 26 heteroatoms. The van der Waals surface area contributed by atoms with Crippen LogP contribution in [0.3, 0.4) is 0 Å². The lowest BCUT2D eigenvalue weighted by molar-refractivity contribution is 3.28. The third kappa shape index (κ3) is 7.50. The molecule has 0 saturated heterocycles. The Morgan fingerprint density at radius 1 is 0.308 bits per heavy atom. The maximum Gasteiger partial charge on any atom is -0.0000000000472 e. The van der Waals surface area contributed by atoms with E-state index in [-0.39, 0.29) is 0 Å². The molecule has 0 aromatic carbocycles. The van der Waals surface area contributed by atoms with E-state index in [1.54, 1.807) is 0 Å². The first-order valence-electron chi connectivity index (χ1n) is 8.33. The van der Waals surface area contributed by atoms with Gasteiger partial charge in [-0.25, -0.2) is 6.39 Å². The van der Waals surface area contributed by atoms with Crippen LogP contribution in [0.25, 0.3) is 0 Å². The molecule has 0 spiro atoms. The van der Waals surface area contributed by atoms with E-state index in [9.17, 15) is 0 Å². The van der Waals surface area contributed by atoms with Crippen LogP contribution < -0.4 is 0 Å². The highest BCUT2D eigenvalue weighted by Gasteiger charge is 2.48. The fourth-order valence-electron chi connectivity index (χ4n) is 3.85. The smallest absolute Gasteiger partial charge is 0.0000000000472 e. The molecule has 79 valence electrons. The summed E-state index contributed by atoms with van der Waals surface area (Å²) in [5.41, 5.74) is 0. The SMILES string of the molecule is [B]B([B])B(B([B])[B])B(B(B([B])[B])B([B])[B])B(B([B])[B])B(B([B])[B])B([B])[B-]. The first-order valence-corrected chi connectivity index (χ1v) is 8.33. The summed E-state index contributed by atoms with van der Waals surface area (Å²) in [4.78, 5) is 0. The molecule has 26 heavy (non-hydrogen) atoms. The number of hydrogen-bond acceptors (Lipinski definition) is 0. The van der Waals surface area contributed by atoms with E-state index in [1.165, 1.54) is 0 Å². The van der Waals surface area contributed by atoms with Gasteiger partial charge in [-0.05, 0) is 171 Å². The summed E-state index contributed by atoms with van der Waals surface area (Å²) < 4.78 is 0. The van der Waals surface area contributed by atoms with Crippen molar-refractivity contribution in [1.82, 2.24) is 0 Å². The van der Waals surface area contributed by atoms with Gasteiger partial charge in [0.25, 0.3) is 0 Å². The van der Waals surface area contributed by atoms with Crippen LogP contribution in [0.2, 0.25) is 0 Å². The van der Waals surface area contributed by atoms with Gasteiger partial charge in [0.2, 0.25) is 0 Å². The Balaban J connectivity index is 6.53. The lowest BCUT2D eigenvalue weighted by Gasteiger charge is -2.50. The molecule has 0 heterocycles. The van der Waals surface area contributed by atoms with Crippen LogP contribution in [0.4, 0.5) is 0 Å². The van der Waals surface area contributed by atoms with E-state index in [0.717, 1.165) is 0 Å². The molecule has 0 saturated carbocycles. The van der Waals surface area contributed by atoms with Crippen molar-refractivity contribution in [2.75, 3.05) is 0 Å². The molecule has 0 aromatic heterocycles. The Kier molecular flexibility index (Phi) is 13.2. The molecule has 0 atom stereocenters. The van der Waals surface area contributed by atoms with Crippen molar-refractivity contribution in [3.05, 3.63) is 0 Å². The predicted octanol–water partition coefficient (Wildman–Crippen LogP) is -9.90. The summed E-state index contributed by atoms with van der Waals surface area (Å²) in [7, 11) is 82.9. The summed E-state index contributed by atoms with van der Waals surface area (Å²) in [6, 6.07) is 0. The lowest BCUT2D eigenvalue weighted by Crippen LogP contribution is -2.86. The van der Waals surface area contributed by atoms with Crippen LogP contribution in [-0.4, -0.2) is 185 Å². The van der Waals surface area contributed by atoms with Crippen molar-refractivity contribution < 1.29 is 0 Å². The van der Waals surface area contributed by atoms with Gasteiger partial charge in [-0.2, -0.15) is 0 Å². The fraction of sp³-hybridized carbons (Fsp3) is 0. The molecule has 0 N–H and O–H groups in total. The van der Waals surface area contributed by atoms with Gasteiger partial charge in [-0.15, -0.1) is 0 Å². The van der Waals surface area contributed by atoms with Gasteiger partial charge in [0, 0.05) is 0 Å². The Labute approximate surface area is 184 Å². The molecule has 0 aliphatic heterocycles. The number of rotatable bonds is 11. The molecule has 0 bridgehead atoms. The van der Waals surface area contributed by atoms with E-state index in [0.29, 0.717) is 0 Å². The maximum absolute atomic E-state index is 6.02. The van der Waals surface area contributed by atoms with Crippen molar-refractivity contribution >= 4 is 185 Å². The zero-order chi connectivity index (χ0) is 20.9. The topological polar surface area (TPSA) is 0 Å². The van der Waals surface area contributed by atoms with E-state index in [4.69, 9.17) is 108 Å². The standard InChI is InChI=1S/B26/c1-15(2)22(16(3)4)25(21(13)14)26(23(17(5)6)18(7)8)24(19(9)10)20(11)12/q-1. The Bertz CT molecular complexity index is 314. The molecule has 29 radical (unpaired) electrons. The van der Waals surface area contributed by atoms with Gasteiger partial charge in [0.05, 0.1) is 0 Å². The minimum atomic E-state index is -1.02. The summed E-state index contributed by atoms with van der Waals surface area (Å²) in [5, 5.41) is 0. The monoisotopic (exact) mass is 286 g/mol. The van der Waals surface area contributed by atoms with Crippen molar-refractivity contribution in [2.45, 2.75) is 0 Å². The van der Waals surface area contributed by atoms with Crippen LogP contribution in [0.5, 0.6) is 0 Å². The first kappa shape index (κ1) is 27.7. The van der Waals surface area contributed by atoms with Crippen LogP contribution in [0.15, 0.2) is 0 Å². The van der Waals surface area contributed by atoms with E-state index in [1.807, 2.05) is 0 Å². The highest BCUT2D eigenvalue weighted by molar-refractivity contribution is 8.25. The first-order chi connectivity index (χ1) is 11.7. The van der Waals surface area contributed by atoms with Gasteiger partial charge >= 0.3 is 0 Å². The molecule has 0 nitrogen and oxygen atoms in total. The Hall–Kier alpha value is 1.69. The second-order valence-corrected chi connectivity index (χ2v) is 6.93. The summed E-state index contributed by atoms with van der Waals surface area (Å²) >= 11 is 0. The molecular weight excluding hydrogens is 281 g/mol. The highest BCUT2D eigenvalue weighted by atomic mass is 13.3. The number of hydrogen-bond donors (Lipinski definition) is 0. The van der Waals surface area contributed by atoms with Crippen molar-refractivity contribution in [1.29, 1.82) is 0 Å². The molecule has 0 aliphatic rings. The minimum absolute atomic E-state index is 0.760. The van der Waals surface area contributed by atoms with Crippen LogP contribution >= 0.6 is 0 Å². The quantitative estimate of drug-likeness (QED) is 0.330. The fourth-order valence-corrected chi connectivity index (χ4v) is 3.85. The van der Waals surface area contributed by atoms with Gasteiger partial charge < -0.3 is 7.74 Å². The Morgan fingerprint density at radius 2 is 0.538 bits per heavy atom. The average Bonchev–Trinajstić information content (AvgIpc) is 2.40. The lowest BCUT2D eigenvalue weighted by atomic mass is 8.34. The maximum atomic E-state index is 6.02. The zero-order valence-corrected chi connectivity index (χ0v) is 15.0. The molecule has 0 rings (SSSR count). The minimum Gasteiger partial charge on any atom is -0.687 e. The van der Waals surface area contributed by atoms with E-state index < -0.39 is 76.6 Å². The van der Waals surface area contributed by atoms with E-state index in [2.05, 4.69) is 0 Å².